The maximum Gasteiger partial charge on any atom is 0.338 e. The lowest BCUT2D eigenvalue weighted by atomic mass is 9.95. The summed E-state index contributed by atoms with van der Waals surface area (Å²) >= 11 is 5.52. The highest BCUT2D eigenvalue weighted by molar-refractivity contribution is 7.80. The summed E-state index contributed by atoms with van der Waals surface area (Å²) < 4.78 is 10.4. The van der Waals surface area contributed by atoms with Crippen LogP contribution >= 0.6 is 12.2 Å². The molecule has 0 aliphatic carbocycles. The van der Waals surface area contributed by atoms with Crippen LogP contribution in [0.4, 0.5) is 16.2 Å². The Morgan fingerprint density at radius 3 is 2.15 bits per heavy atom. The third kappa shape index (κ3) is 6.12. The van der Waals surface area contributed by atoms with Gasteiger partial charge >= 0.3 is 12.0 Å². The number of allylic oxidation sites excluding steroid dienone is 1. The molecule has 34 heavy (non-hydrogen) atoms. The summed E-state index contributed by atoms with van der Waals surface area (Å²) in [6.45, 7) is 6.92. The largest absolute Gasteiger partial charge is 0.460 e. The van der Waals surface area contributed by atoms with Crippen molar-refractivity contribution in [2.75, 3.05) is 37.5 Å². The molecule has 2 amide bonds. The topological polar surface area (TPSA) is 91.9 Å². The second kappa shape index (κ2) is 11.6. The quantitative estimate of drug-likeness (QED) is 0.293. The predicted molar refractivity (Wildman–Crippen MR) is 137 cm³/mol. The minimum Gasteiger partial charge on any atom is -0.460 e. The van der Waals surface area contributed by atoms with Crippen LogP contribution < -0.4 is 16.0 Å². The molecule has 9 heteroatoms. The SMILES string of the molecule is CCN1C(=S)NC(c2ccc(NC(=O)Nc3ccc(C)cc3)cc2)C(C(=O)OCCOC)=C1C. The Morgan fingerprint density at radius 1 is 1.00 bits per heavy atom. The predicted octanol–water partition coefficient (Wildman–Crippen LogP) is 4.35. The van der Waals surface area contributed by atoms with Gasteiger partial charge in [-0.2, -0.15) is 0 Å². The van der Waals surface area contributed by atoms with Crippen LogP contribution in [0.2, 0.25) is 0 Å². The molecule has 2 aromatic carbocycles. The van der Waals surface area contributed by atoms with Gasteiger partial charge < -0.3 is 30.3 Å². The molecule has 1 aliphatic heterocycles. The van der Waals surface area contributed by atoms with E-state index in [2.05, 4.69) is 16.0 Å². The number of urea groups is 1. The van der Waals surface area contributed by atoms with Gasteiger partial charge in [0.1, 0.15) is 6.61 Å². The van der Waals surface area contributed by atoms with Gasteiger partial charge in [0.2, 0.25) is 0 Å². The van der Waals surface area contributed by atoms with Crippen molar-refractivity contribution >= 4 is 40.7 Å². The van der Waals surface area contributed by atoms with Gasteiger partial charge in [0.15, 0.2) is 5.11 Å². The Labute approximate surface area is 205 Å². The summed E-state index contributed by atoms with van der Waals surface area (Å²) in [6.07, 6.45) is 0. The number of carbonyl (C=O) groups excluding carboxylic acids is 2. The third-order valence-corrected chi connectivity index (χ3v) is 5.80. The first kappa shape index (κ1) is 25.2. The number of rotatable bonds is 8. The van der Waals surface area contributed by atoms with Crippen molar-refractivity contribution in [2.24, 2.45) is 0 Å². The Morgan fingerprint density at radius 2 is 1.59 bits per heavy atom. The van der Waals surface area contributed by atoms with E-state index < -0.39 is 12.0 Å². The van der Waals surface area contributed by atoms with Crippen LogP contribution in [0.15, 0.2) is 59.8 Å². The molecule has 0 saturated heterocycles. The molecule has 0 aromatic heterocycles. The zero-order chi connectivity index (χ0) is 24.7. The van der Waals surface area contributed by atoms with Crippen LogP contribution in [-0.2, 0) is 14.3 Å². The number of carbonyl (C=O) groups is 2. The standard InChI is InChI=1S/C25H30N4O4S/c1-5-29-17(3)21(23(30)33-15-14-32-4)22(28-25(29)34)18-8-12-20(13-9-18)27-24(31)26-19-10-6-16(2)7-11-19/h6-13,22H,5,14-15H2,1-4H3,(H,28,34)(H2,26,27,31). The molecular weight excluding hydrogens is 452 g/mol. The number of methoxy groups -OCH3 is 1. The smallest absolute Gasteiger partial charge is 0.338 e. The van der Waals surface area contributed by atoms with Gasteiger partial charge in [-0.1, -0.05) is 29.8 Å². The molecular formula is C25H30N4O4S. The minimum absolute atomic E-state index is 0.161. The third-order valence-electron chi connectivity index (χ3n) is 5.46. The number of nitrogens with one attached hydrogen (secondary N) is 3. The van der Waals surface area contributed by atoms with E-state index in [1.54, 1.807) is 19.2 Å². The molecule has 0 radical (unpaired) electrons. The van der Waals surface area contributed by atoms with E-state index in [0.717, 1.165) is 16.8 Å². The molecule has 1 atom stereocenters. The normalized spacial score (nSPS) is 15.6. The number of hydrogen-bond donors (Lipinski definition) is 3. The minimum atomic E-state index is -0.472. The van der Waals surface area contributed by atoms with Gasteiger partial charge in [0, 0.05) is 30.7 Å². The van der Waals surface area contributed by atoms with Crippen LogP contribution in [0.25, 0.3) is 0 Å². The number of esters is 1. The van der Waals surface area contributed by atoms with Crippen molar-refractivity contribution in [3.8, 4) is 0 Å². The number of amides is 2. The highest BCUT2D eigenvalue weighted by atomic mass is 32.1. The molecule has 0 saturated carbocycles. The van der Waals surface area contributed by atoms with Crippen LogP contribution in [0.1, 0.15) is 31.0 Å². The Bertz CT molecular complexity index is 1070. The molecule has 0 fully saturated rings. The van der Waals surface area contributed by atoms with Gasteiger partial charge in [-0.05, 0) is 62.8 Å². The van der Waals surface area contributed by atoms with E-state index >= 15 is 0 Å². The number of thiocarbonyl (C=S) groups is 1. The van der Waals surface area contributed by atoms with E-state index in [0.29, 0.717) is 35.2 Å². The summed E-state index contributed by atoms with van der Waals surface area (Å²) in [5.74, 6) is -0.423. The lowest BCUT2D eigenvalue weighted by Gasteiger charge is -2.37. The first-order chi connectivity index (χ1) is 16.3. The van der Waals surface area contributed by atoms with Crippen molar-refractivity contribution in [3.05, 3.63) is 70.9 Å². The molecule has 1 aliphatic rings. The van der Waals surface area contributed by atoms with Gasteiger partial charge in [0.25, 0.3) is 0 Å². The summed E-state index contributed by atoms with van der Waals surface area (Å²) in [4.78, 5) is 27.1. The van der Waals surface area contributed by atoms with Crippen LogP contribution in [-0.4, -0.2) is 48.9 Å². The van der Waals surface area contributed by atoms with E-state index in [1.807, 2.05) is 62.1 Å². The number of hydrogen-bond acceptors (Lipinski definition) is 5. The molecule has 3 N–H and O–H groups in total. The number of aryl methyl sites for hydroxylation is 1. The number of ether oxygens (including phenoxy) is 2. The fourth-order valence-corrected chi connectivity index (χ4v) is 4.05. The summed E-state index contributed by atoms with van der Waals surface area (Å²) in [5.41, 5.74) is 4.50. The Hall–Kier alpha value is -3.43. The molecule has 8 nitrogen and oxygen atoms in total. The number of benzene rings is 2. The van der Waals surface area contributed by atoms with Crippen molar-refractivity contribution in [1.82, 2.24) is 10.2 Å². The lowest BCUT2D eigenvalue weighted by molar-refractivity contribution is -0.140. The summed E-state index contributed by atoms with van der Waals surface area (Å²) in [7, 11) is 1.55. The van der Waals surface area contributed by atoms with E-state index in [1.165, 1.54) is 0 Å². The van der Waals surface area contributed by atoms with Crippen molar-refractivity contribution in [3.63, 3.8) is 0 Å². The fraction of sp³-hybridized carbons (Fsp3) is 0.320. The summed E-state index contributed by atoms with van der Waals surface area (Å²) in [5, 5.41) is 9.41. The van der Waals surface area contributed by atoms with Crippen molar-refractivity contribution in [1.29, 1.82) is 0 Å². The van der Waals surface area contributed by atoms with Gasteiger partial charge in [-0.25, -0.2) is 9.59 Å². The average Bonchev–Trinajstić information content (AvgIpc) is 2.81. The van der Waals surface area contributed by atoms with E-state index in [9.17, 15) is 9.59 Å². The molecule has 1 unspecified atom stereocenters. The second-order valence-electron chi connectivity index (χ2n) is 7.82. The zero-order valence-electron chi connectivity index (χ0n) is 19.8. The van der Waals surface area contributed by atoms with Crippen LogP contribution in [0.3, 0.4) is 0 Å². The average molecular weight is 483 g/mol. The zero-order valence-corrected chi connectivity index (χ0v) is 20.6. The Kier molecular flexibility index (Phi) is 8.61. The second-order valence-corrected chi connectivity index (χ2v) is 8.21. The number of nitrogens with zero attached hydrogens (tertiary/aromatic N) is 1. The molecule has 1 heterocycles. The van der Waals surface area contributed by atoms with Crippen LogP contribution in [0, 0.1) is 6.92 Å². The first-order valence-corrected chi connectivity index (χ1v) is 11.4. The molecule has 0 spiro atoms. The molecule has 3 rings (SSSR count). The number of anilines is 2. The Balaban J connectivity index is 1.76. The van der Waals surface area contributed by atoms with Gasteiger partial charge in [0.05, 0.1) is 18.2 Å². The van der Waals surface area contributed by atoms with Gasteiger partial charge in [-0.3, -0.25) is 0 Å². The molecule has 2 aromatic rings. The van der Waals surface area contributed by atoms with Crippen molar-refractivity contribution in [2.45, 2.75) is 26.8 Å². The van der Waals surface area contributed by atoms with E-state index in [4.69, 9.17) is 21.7 Å². The monoisotopic (exact) mass is 482 g/mol. The first-order valence-electron chi connectivity index (χ1n) is 11.0. The highest BCUT2D eigenvalue weighted by Crippen LogP contribution is 2.32. The van der Waals surface area contributed by atoms with Crippen LogP contribution in [0.5, 0.6) is 0 Å². The molecule has 0 bridgehead atoms. The lowest BCUT2D eigenvalue weighted by Crippen LogP contribution is -2.47. The maximum absolute atomic E-state index is 12.9. The van der Waals surface area contributed by atoms with Crippen molar-refractivity contribution < 1.29 is 19.1 Å². The van der Waals surface area contributed by atoms with Gasteiger partial charge in [-0.15, -0.1) is 0 Å². The molecule has 180 valence electrons. The summed E-state index contributed by atoms with van der Waals surface area (Å²) in [6, 6.07) is 14.0. The highest BCUT2D eigenvalue weighted by Gasteiger charge is 2.34. The fourth-order valence-electron chi connectivity index (χ4n) is 3.66. The van der Waals surface area contributed by atoms with E-state index in [-0.39, 0.29) is 12.6 Å². The maximum atomic E-state index is 12.9.